The van der Waals surface area contributed by atoms with Gasteiger partial charge in [-0.05, 0) is 44.8 Å². The molecule has 4 N–H and O–H groups in total. The number of hydrazone groups is 1. The number of hydrogen-bond acceptors (Lipinski definition) is 5. The Bertz CT molecular complexity index is 1310. The minimum absolute atomic E-state index is 0.120. The maximum Gasteiger partial charge on any atom is 0.291 e. The largest absolute Gasteiger partial charge is 0.367 e. The highest BCUT2D eigenvalue weighted by Crippen LogP contribution is 2.15. The first-order chi connectivity index (χ1) is 15.5. The number of nitrogens with two attached hydrogens (primary N) is 1. The van der Waals surface area contributed by atoms with E-state index in [2.05, 4.69) is 69.3 Å². The summed E-state index contributed by atoms with van der Waals surface area (Å²) in [5.41, 5.74) is 10.4. The first kappa shape index (κ1) is 21.9. The van der Waals surface area contributed by atoms with Crippen LogP contribution in [0.3, 0.4) is 0 Å². The van der Waals surface area contributed by atoms with E-state index in [1.54, 1.807) is 12.4 Å². The third-order valence-electron chi connectivity index (χ3n) is 4.31. The van der Waals surface area contributed by atoms with Crippen molar-refractivity contribution in [2.24, 2.45) is 21.0 Å². The molecule has 0 unspecified atom stereocenters. The second kappa shape index (κ2) is 10.8. The second-order valence-corrected chi connectivity index (χ2v) is 6.55. The van der Waals surface area contributed by atoms with Crippen molar-refractivity contribution in [2.45, 2.75) is 0 Å². The molecule has 0 fully saturated rings. The van der Waals surface area contributed by atoms with Gasteiger partial charge in [0.1, 0.15) is 0 Å². The summed E-state index contributed by atoms with van der Waals surface area (Å²) in [5.74, 6) is 0.120. The lowest BCUT2D eigenvalue weighted by Gasteiger charge is -2.00. The normalized spacial score (nSPS) is 11.6. The summed E-state index contributed by atoms with van der Waals surface area (Å²) in [6.07, 6.45) is 3.36. The number of nitrogens with zero attached hydrogens (tertiary/aromatic N) is 4. The molecule has 0 saturated carbocycles. The second-order valence-electron chi connectivity index (χ2n) is 6.55. The molecule has 0 spiro atoms. The molecule has 9 heteroatoms. The Labute approximate surface area is 183 Å². The Morgan fingerprint density at radius 1 is 0.844 bits per heavy atom. The topological polar surface area (TPSA) is 138 Å². The Morgan fingerprint density at radius 3 is 1.84 bits per heavy atom. The van der Waals surface area contributed by atoms with E-state index in [0.717, 1.165) is 21.9 Å². The van der Waals surface area contributed by atoms with Crippen LogP contribution in [-0.4, -0.2) is 28.7 Å². The number of guanidine groups is 1. The van der Waals surface area contributed by atoms with Gasteiger partial charge in [0, 0.05) is 0 Å². The predicted molar refractivity (Wildman–Crippen MR) is 127 cm³/mol. The number of hydrogen-bond donors (Lipinski definition) is 3. The van der Waals surface area contributed by atoms with Gasteiger partial charge < -0.3 is 10.9 Å². The predicted octanol–water partition coefficient (Wildman–Crippen LogP) is 3.92. The van der Waals surface area contributed by atoms with Gasteiger partial charge in [0.25, 0.3) is 5.09 Å². The number of rotatable bonds is 4. The van der Waals surface area contributed by atoms with Crippen LogP contribution in [0.25, 0.3) is 21.5 Å². The molecule has 4 rings (SSSR count). The molecule has 0 aliphatic rings. The van der Waals surface area contributed by atoms with Gasteiger partial charge in [0.15, 0.2) is 0 Å². The number of nitrogens with one attached hydrogen (secondary N) is 1. The molecule has 160 valence electrons. The Kier molecular flexibility index (Phi) is 7.42. The fraction of sp³-hybridized carbons (Fsp3) is 0. The Morgan fingerprint density at radius 2 is 1.31 bits per heavy atom. The summed E-state index contributed by atoms with van der Waals surface area (Å²) < 4.78 is 0. The van der Waals surface area contributed by atoms with Gasteiger partial charge in [-0.3, -0.25) is 0 Å². The van der Waals surface area contributed by atoms with Crippen molar-refractivity contribution in [1.29, 1.82) is 0 Å². The van der Waals surface area contributed by atoms with Gasteiger partial charge >= 0.3 is 0 Å². The van der Waals surface area contributed by atoms with Crippen LogP contribution in [0.1, 0.15) is 11.1 Å². The van der Waals surface area contributed by atoms with Crippen LogP contribution >= 0.6 is 0 Å². The zero-order chi connectivity index (χ0) is 22.8. The molecule has 32 heavy (non-hydrogen) atoms. The molecule has 0 bridgehead atoms. The molecule has 0 saturated heterocycles. The Hall–Kier alpha value is -4.79. The summed E-state index contributed by atoms with van der Waals surface area (Å²) in [4.78, 5) is 8.36. The molecule has 0 aliphatic heterocycles. The summed E-state index contributed by atoms with van der Waals surface area (Å²) in [7, 11) is 0. The SMILES string of the molecule is N/C(=N\N=C\c1ccc2ccccc2c1)N/N=C/c1ccc2ccccc2c1.O=[N+]([O-])O. The maximum absolute atomic E-state index is 8.36. The highest BCUT2D eigenvalue weighted by atomic mass is 16.9. The first-order valence-electron chi connectivity index (χ1n) is 9.48. The molecule has 9 nitrogen and oxygen atoms in total. The third kappa shape index (κ3) is 6.63. The van der Waals surface area contributed by atoms with E-state index in [1.807, 2.05) is 36.4 Å². The van der Waals surface area contributed by atoms with Gasteiger partial charge in [-0.25, -0.2) is 5.43 Å². The van der Waals surface area contributed by atoms with Crippen LogP contribution in [0.5, 0.6) is 0 Å². The quantitative estimate of drug-likeness (QED) is 0.196. The van der Waals surface area contributed by atoms with Gasteiger partial charge in [-0.2, -0.15) is 10.2 Å². The summed E-state index contributed by atoms with van der Waals surface area (Å²) in [6, 6.07) is 28.6. The molecule has 4 aromatic rings. The standard InChI is InChI=1S/C23H19N5.HNO3/c24-23(27-25-15-17-9-11-19-5-1-3-7-21(19)13-17)28-26-16-18-10-12-20-6-2-4-8-22(20)14-18;2-1(3)4/h1-16H,(H3,24,27,28);(H,2,3,4)/b25-15+,26-16+;. The fourth-order valence-electron chi connectivity index (χ4n) is 2.93. The molecule has 0 radical (unpaired) electrons. The minimum Gasteiger partial charge on any atom is -0.367 e. The molecule has 0 aromatic heterocycles. The lowest BCUT2D eigenvalue weighted by Crippen LogP contribution is -2.26. The average molecular weight is 428 g/mol. The fourth-order valence-corrected chi connectivity index (χ4v) is 2.93. The molecular formula is C23H20N6O3. The lowest BCUT2D eigenvalue weighted by molar-refractivity contribution is -0.742. The van der Waals surface area contributed by atoms with E-state index in [1.165, 1.54) is 10.8 Å². The molecular weight excluding hydrogens is 408 g/mol. The molecule has 0 aliphatic carbocycles. The lowest BCUT2D eigenvalue weighted by atomic mass is 10.1. The van der Waals surface area contributed by atoms with Crippen molar-refractivity contribution in [1.82, 2.24) is 5.43 Å². The average Bonchev–Trinajstić information content (AvgIpc) is 2.78. The summed E-state index contributed by atoms with van der Waals surface area (Å²) in [6.45, 7) is 0. The monoisotopic (exact) mass is 428 g/mol. The van der Waals surface area contributed by atoms with Crippen LogP contribution in [0.4, 0.5) is 0 Å². The van der Waals surface area contributed by atoms with Crippen LogP contribution in [0.2, 0.25) is 0 Å². The van der Waals surface area contributed by atoms with Crippen molar-refractivity contribution in [2.75, 3.05) is 0 Å². The smallest absolute Gasteiger partial charge is 0.291 e. The van der Waals surface area contributed by atoms with Gasteiger partial charge in [-0.15, -0.1) is 15.2 Å². The van der Waals surface area contributed by atoms with E-state index in [-0.39, 0.29) is 5.96 Å². The maximum atomic E-state index is 8.36. The molecule has 4 aromatic carbocycles. The molecule has 0 atom stereocenters. The highest BCUT2D eigenvalue weighted by molar-refractivity contribution is 5.92. The van der Waals surface area contributed by atoms with Crippen LogP contribution in [-0.2, 0) is 0 Å². The first-order valence-corrected chi connectivity index (χ1v) is 9.48. The van der Waals surface area contributed by atoms with Crippen LogP contribution < -0.4 is 11.2 Å². The van der Waals surface area contributed by atoms with Crippen molar-refractivity contribution in [3.8, 4) is 0 Å². The van der Waals surface area contributed by atoms with Crippen LogP contribution in [0.15, 0.2) is 100 Å². The number of fused-ring (bicyclic) bond motifs is 2. The zero-order valence-electron chi connectivity index (χ0n) is 16.9. The summed E-state index contributed by atoms with van der Waals surface area (Å²) >= 11 is 0. The van der Waals surface area contributed by atoms with E-state index >= 15 is 0 Å². The van der Waals surface area contributed by atoms with Crippen molar-refractivity contribution >= 4 is 39.9 Å². The van der Waals surface area contributed by atoms with Gasteiger partial charge in [0.05, 0.1) is 12.4 Å². The highest BCUT2D eigenvalue weighted by Gasteiger charge is 1.95. The molecule has 0 amide bonds. The van der Waals surface area contributed by atoms with E-state index < -0.39 is 5.09 Å². The van der Waals surface area contributed by atoms with E-state index in [0.29, 0.717) is 0 Å². The third-order valence-corrected chi connectivity index (χ3v) is 4.31. The van der Waals surface area contributed by atoms with Crippen molar-refractivity contribution < 1.29 is 10.3 Å². The molecule has 0 heterocycles. The Balaban J connectivity index is 0.000000668. The van der Waals surface area contributed by atoms with Gasteiger partial charge in [0.2, 0.25) is 5.96 Å². The summed E-state index contributed by atoms with van der Waals surface area (Å²) in [5, 5.41) is 30.4. The van der Waals surface area contributed by atoms with Crippen molar-refractivity contribution in [3.63, 3.8) is 0 Å². The van der Waals surface area contributed by atoms with Crippen molar-refractivity contribution in [3.05, 3.63) is 106 Å². The van der Waals surface area contributed by atoms with Gasteiger partial charge in [-0.1, -0.05) is 72.8 Å². The van der Waals surface area contributed by atoms with E-state index in [9.17, 15) is 0 Å². The zero-order valence-corrected chi connectivity index (χ0v) is 16.9. The van der Waals surface area contributed by atoms with E-state index in [4.69, 9.17) is 21.1 Å². The van der Waals surface area contributed by atoms with Crippen LogP contribution in [0, 0.1) is 10.1 Å². The number of benzene rings is 4. The minimum atomic E-state index is -1.50.